The number of rotatable bonds is 46. The highest BCUT2D eigenvalue weighted by molar-refractivity contribution is 7.45. The lowest BCUT2D eigenvalue weighted by Crippen LogP contribution is -2.37. The van der Waals surface area contributed by atoms with Crippen LogP contribution in [0, 0.1) is 0 Å². The molecule has 0 rings (SSSR count). The van der Waals surface area contributed by atoms with Gasteiger partial charge < -0.3 is 27.9 Å². The Bertz CT molecular complexity index is 925. The van der Waals surface area contributed by atoms with Gasteiger partial charge in [-0.25, -0.2) is 0 Å². The molecule has 0 bridgehead atoms. The average Bonchev–Trinajstić information content (AvgIpc) is 3.16. The number of carbonyl (C=O) groups is 1. The van der Waals surface area contributed by atoms with E-state index < -0.39 is 13.9 Å². The van der Waals surface area contributed by atoms with E-state index in [-0.39, 0.29) is 25.8 Å². The Kier molecular flexibility index (Phi) is 41.4. The SMILES string of the molecule is CCCC/C=C\CCCCCCCCOCC(COP(=O)([O-])OCC[N+](C)(C)C)OC(=O)CCCCCCCCCCCCCCCCCCCCCCCCC. The third-order valence-electron chi connectivity index (χ3n) is 10.8. The van der Waals surface area contributed by atoms with Crippen LogP contribution in [0.25, 0.3) is 0 Å². The van der Waals surface area contributed by atoms with Gasteiger partial charge in [0, 0.05) is 13.0 Å². The molecule has 340 valence electrons. The molecule has 0 amide bonds. The van der Waals surface area contributed by atoms with Crippen molar-refractivity contribution in [3.8, 4) is 0 Å². The summed E-state index contributed by atoms with van der Waals surface area (Å²) in [5.41, 5.74) is 0. The summed E-state index contributed by atoms with van der Waals surface area (Å²) in [5.74, 6) is -0.331. The number of phosphoric ester groups is 1. The molecule has 0 heterocycles. The van der Waals surface area contributed by atoms with E-state index in [2.05, 4.69) is 26.0 Å². The van der Waals surface area contributed by atoms with Crippen LogP contribution < -0.4 is 4.89 Å². The topological polar surface area (TPSA) is 94.1 Å². The van der Waals surface area contributed by atoms with E-state index in [9.17, 15) is 14.3 Å². The van der Waals surface area contributed by atoms with Gasteiger partial charge in [-0.2, -0.15) is 0 Å². The zero-order valence-corrected chi connectivity index (χ0v) is 39.5. The normalized spacial score (nSPS) is 13.7. The van der Waals surface area contributed by atoms with Crippen LogP contribution in [0.3, 0.4) is 0 Å². The molecule has 57 heavy (non-hydrogen) atoms. The predicted molar refractivity (Wildman–Crippen MR) is 241 cm³/mol. The maximum atomic E-state index is 12.7. The number of esters is 1. The summed E-state index contributed by atoms with van der Waals surface area (Å²) in [4.78, 5) is 25.1. The molecule has 9 heteroatoms. The number of ether oxygens (including phenoxy) is 2. The summed E-state index contributed by atoms with van der Waals surface area (Å²) in [6.45, 7) is 5.41. The molecule has 0 aromatic rings. The molecule has 2 unspecified atom stereocenters. The molecular weight excluding hydrogens is 734 g/mol. The van der Waals surface area contributed by atoms with Crippen molar-refractivity contribution >= 4 is 13.8 Å². The van der Waals surface area contributed by atoms with Crippen molar-refractivity contribution in [2.45, 2.75) is 238 Å². The number of nitrogens with zero attached hydrogens (tertiary/aromatic N) is 1. The van der Waals surface area contributed by atoms with Gasteiger partial charge in [0.1, 0.15) is 19.3 Å². The highest BCUT2D eigenvalue weighted by atomic mass is 31.2. The monoisotopic (exact) mass is 830 g/mol. The number of quaternary nitrogens is 1. The van der Waals surface area contributed by atoms with Crippen molar-refractivity contribution in [3.05, 3.63) is 12.2 Å². The van der Waals surface area contributed by atoms with Gasteiger partial charge in [-0.15, -0.1) is 0 Å². The Morgan fingerprint density at radius 3 is 1.39 bits per heavy atom. The van der Waals surface area contributed by atoms with Crippen LogP contribution in [0.15, 0.2) is 12.2 Å². The summed E-state index contributed by atoms with van der Waals surface area (Å²) in [6, 6.07) is 0. The molecule has 8 nitrogen and oxygen atoms in total. The van der Waals surface area contributed by atoms with Crippen LogP contribution in [0.1, 0.15) is 232 Å². The third kappa shape index (κ3) is 46.2. The molecule has 0 aliphatic heterocycles. The Balaban J connectivity index is 4.05. The van der Waals surface area contributed by atoms with Gasteiger partial charge in [0.25, 0.3) is 7.82 Å². The van der Waals surface area contributed by atoms with E-state index in [1.165, 1.54) is 180 Å². The Hall–Kier alpha value is -0.760. The van der Waals surface area contributed by atoms with Gasteiger partial charge in [0.15, 0.2) is 0 Å². The van der Waals surface area contributed by atoms with Crippen molar-refractivity contribution in [2.75, 3.05) is 54.1 Å². The Labute approximate surface area is 354 Å². The summed E-state index contributed by atoms with van der Waals surface area (Å²) < 4.78 is 34.6. The van der Waals surface area contributed by atoms with E-state index in [1.807, 2.05) is 21.1 Å². The fourth-order valence-electron chi connectivity index (χ4n) is 7.00. The number of hydrogen-bond donors (Lipinski definition) is 0. The number of unbranched alkanes of at least 4 members (excludes halogenated alkanes) is 30. The molecule has 0 saturated carbocycles. The first-order valence-electron chi connectivity index (χ1n) is 24.4. The first-order valence-corrected chi connectivity index (χ1v) is 25.9. The fraction of sp³-hybridized carbons (Fsp3) is 0.938. The lowest BCUT2D eigenvalue weighted by atomic mass is 10.0. The molecule has 0 aromatic heterocycles. The van der Waals surface area contributed by atoms with E-state index in [1.54, 1.807) is 0 Å². The minimum Gasteiger partial charge on any atom is -0.756 e. The highest BCUT2D eigenvalue weighted by Gasteiger charge is 2.20. The molecule has 0 N–H and O–H groups in total. The molecule has 0 aliphatic carbocycles. The first kappa shape index (κ1) is 56.2. The van der Waals surface area contributed by atoms with Crippen molar-refractivity contribution < 1.29 is 37.3 Å². The summed E-state index contributed by atoms with van der Waals surface area (Å²) >= 11 is 0. The van der Waals surface area contributed by atoms with Gasteiger partial charge in [0.05, 0.1) is 34.4 Å². The van der Waals surface area contributed by atoms with Gasteiger partial charge in [-0.1, -0.05) is 206 Å². The summed E-state index contributed by atoms with van der Waals surface area (Å²) in [7, 11) is 1.37. The zero-order chi connectivity index (χ0) is 42.0. The van der Waals surface area contributed by atoms with Crippen molar-refractivity contribution in [2.24, 2.45) is 0 Å². The number of hydrogen-bond acceptors (Lipinski definition) is 7. The van der Waals surface area contributed by atoms with Gasteiger partial charge in [-0.3, -0.25) is 9.36 Å². The van der Waals surface area contributed by atoms with Crippen LogP contribution in [-0.4, -0.2) is 70.7 Å². The van der Waals surface area contributed by atoms with Crippen LogP contribution in [0.5, 0.6) is 0 Å². The van der Waals surface area contributed by atoms with E-state index in [4.69, 9.17) is 18.5 Å². The van der Waals surface area contributed by atoms with Gasteiger partial charge in [-0.05, 0) is 32.1 Å². The highest BCUT2D eigenvalue weighted by Crippen LogP contribution is 2.38. The molecule has 0 aliphatic rings. The number of allylic oxidation sites excluding steroid dienone is 2. The average molecular weight is 830 g/mol. The summed E-state index contributed by atoms with van der Waals surface area (Å²) in [6.07, 6.45) is 46.6. The molecule has 0 spiro atoms. The second kappa shape index (κ2) is 42.0. The van der Waals surface area contributed by atoms with Crippen molar-refractivity contribution in [1.82, 2.24) is 0 Å². The Morgan fingerprint density at radius 1 is 0.526 bits per heavy atom. The quantitative estimate of drug-likeness (QED) is 0.0198. The van der Waals surface area contributed by atoms with Crippen LogP contribution >= 0.6 is 7.82 Å². The standard InChI is InChI=1S/C48H96NO7P/c1-6-8-10-12-14-16-18-20-21-22-23-24-25-26-27-28-29-30-31-33-35-37-39-41-48(50)56-47(46-55-57(51,52)54-44-42-49(3,4)5)45-53-43-40-38-36-34-32-19-17-15-13-11-9-7-2/h13,15,47H,6-12,14,16-46H2,1-5H3/b15-13-. The summed E-state index contributed by atoms with van der Waals surface area (Å²) in [5, 5.41) is 0. The predicted octanol–water partition coefficient (Wildman–Crippen LogP) is 14.0. The van der Waals surface area contributed by atoms with Gasteiger partial charge >= 0.3 is 5.97 Å². The molecule has 0 saturated heterocycles. The fourth-order valence-corrected chi connectivity index (χ4v) is 7.73. The smallest absolute Gasteiger partial charge is 0.306 e. The lowest BCUT2D eigenvalue weighted by Gasteiger charge is -2.28. The van der Waals surface area contributed by atoms with Crippen LogP contribution in [0.2, 0.25) is 0 Å². The van der Waals surface area contributed by atoms with Crippen LogP contribution in [-0.2, 0) is 27.9 Å². The molecule has 2 atom stereocenters. The molecule has 0 aromatic carbocycles. The van der Waals surface area contributed by atoms with Crippen LogP contribution in [0.4, 0.5) is 0 Å². The largest absolute Gasteiger partial charge is 0.756 e. The molecular formula is C48H96NO7P. The molecule has 0 radical (unpaired) electrons. The van der Waals surface area contributed by atoms with E-state index in [0.717, 1.165) is 32.1 Å². The number of likely N-dealkylation sites (N-methyl/N-ethyl adjacent to an activating group) is 1. The lowest BCUT2D eigenvalue weighted by molar-refractivity contribution is -0.870. The number of phosphoric acid groups is 1. The minimum atomic E-state index is -4.52. The molecule has 0 fully saturated rings. The maximum absolute atomic E-state index is 12.7. The van der Waals surface area contributed by atoms with Gasteiger partial charge in [0.2, 0.25) is 0 Å². The number of carbonyl (C=O) groups excluding carboxylic acids is 1. The second-order valence-electron chi connectivity index (χ2n) is 17.8. The van der Waals surface area contributed by atoms with E-state index >= 15 is 0 Å². The van der Waals surface area contributed by atoms with Crippen molar-refractivity contribution in [3.63, 3.8) is 0 Å². The second-order valence-corrected chi connectivity index (χ2v) is 19.2. The third-order valence-corrected chi connectivity index (χ3v) is 11.8. The van der Waals surface area contributed by atoms with E-state index in [0.29, 0.717) is 24.1 Å². The first-order chi connectivity index (χ1) is 27.6. The Morgan fingerprint density at radius 2 is 0.930 bits per heavy atom. The zero-order valence-electron chi connectivity index (χ0n) is 38.6. The maximum Gasteiger partial charge on any atom is 0.306 e. The minimum absolute atomic E-state index is 0.0282. The van der Waals surface area contributed by atoms with Crippen molar-refractivity contribution in [1.29, 1.82) is 0 Å².